The molecule has 0 amide bonds. The topological polar surface area (TPSA) is 52.6 Å². The first-order chi connectivity index (χ1) is 7.55. The molecule has 2 N–H and O–H groups in total. The minimum atomic E-state index is -0.650. The first-order valence-electron chi connectivity index (χ1n) is 6.24. The van der Waals surface area contributed by atoms with E-state index < -0.39 is 11.4 Å². The van der Waals surface area contributed by atoms with Crippen molar-refractivity contribution in [2.45, 2.75) is 39.7 Å². The number of nitrogens with zero attached hydrogens (tertiary/aromatic N) is 1. The van der Waals surface area contributed by atoms with E-state index >= 15 is 0 Å². The van der Waals surface area contributed by atoms with Crippen LogP contribution < -0.4 is 5.32 Å². The summed E-state index contributed by atoms with van der Waals surface area (Å²) in [6.07, 6.45) is 1.41. The number of carboxylic acid groups (broad SMARTS) is 1. The molecule has 0 saturated carbocycles. The highest BCUT2D eigenvalue weighted by Crippen LogP contribution is 2.29. The van der Waals surface area contributed by atoms with Crippen molar-refractivity contribution < 1.29 is 9.90 Å². The van der Waals surface area contributed by atoms with Gasteiger partial charge in [0.15, 0.2) is 0 Å². The molecule has 4 nitrogen and oxygen atoms in total. The monoisotopic (exact) mass is 228 g/mol. The lowest BCUT2D eigenvalue weighted by atomic mass is 9.81. The fourth-order valence-corrected chi connectivity index (χ4v) is 2.35. The number of hydrogen-bond acceptors (Lipinski definition) is 3. The van der Waals surface area contributed by atoms with Crippen molar-refractivity contribution in [1.29, 1.82) is 0 Å². The Hall–Kier alpha value is -0.610. The highest BCUT2D eigenvalue weighted by atomic mass is 16.4. The van der Waals surface area contributed by atoms with Crippen LogP contribution in [0.15, 0.2) is 0 Å². The summed E-state index contributed by atoms with van der Waals surface area (Å²) in [5.41, 5.74) is -0.564. The average Bonchev–Trinajstić information content (AvgIpc) is 2.28. The minimum absolute atomic E-state index is 0.436. The van der Waals surface area contributed by atoms with Gasteiger partial charge in [-0.2, -0.15) is 0 Å². The second-order valence-corrected chi connectivity index (χ2v) is 4.82. The van der Waals surface area contributed by atoms with Crippen molar-refractivity contribution in [1.82, 2.24) is 10.2 Å². The Bertz CT molecular complexity index is 239. The van der Waals surface area contributed by atoms with E-state index in [1.54, 1.807) is 0 Å². The van der Waals surface area contributed by atoms with E-state index in [1.807, 2.05) is 13.8 Å². The van der Waals surface area contributed by atoms with Crippen LogP contribution in [0.4, 0.5) is 0 Å². The smallest absolute Gasteiger partial charge is 0.310 e. The molecule has 1 heterocycles. The molecule has 0 radical (unpaired) electrons. The molecule has 0 aromatic rings. The maximum atomic E-state index is 11.4. The predicted molar refractivity (Wildman–Crippen MR) is 64.6 cm³/mol. The van der Waals surface area contributed by atoms with E-state index in [-0.39, 0.29) is 0 Å². The number of carbonyl (C=O) groups is 1. The van der Waals surface area contributed by atoms with E-state index in [9.17, 15) is 9.90 Å². The summed E-state index contributed by atoms with van der Waals surface area (Å²) in [5.74, 6) is -0.650. The van der Waals surface area contributed by atoms with Crippen LogP contribution in [0.3, 0.4) is 0 Å². The van der Waals surface area contributed by atoms with Gasteiger partial charge in [0.2, 0.25) is 0 Å². The molecule has 0 spiro atoms. The summed E-state index contributed by atoms with van der Waals surface area (Å²) in [5, 5.41) is 12.7. The van der Waals surface area contributed by atoms with E-state index in [1.165, 1.54) is 0 Å². The van der Waals surface area contributed by atoms with Gasteiger partial charge >= 0.3 is 5.97 Å². The lowest BCUT2D eigenvalue weighted by Gasteiger charge is -2.40. The molecule has 1 aliphatic heterocycles. The Morgan fingerprint density at radius 2 is 2.12 bits per heavy atom. The second kappa shape index (κ2) is 5.64. The zero-order valence-corrected chi connectivity index (χ0v) is 10.6. The fourth-order valence-electron chi connectivity index (χ4n) is 2.35. The van der Waals surface area contributed by atoms with E-state index in [2.05, 4.69) is 17.1 Å². The molecular formula is C12H24N2O2. The molecule has 0 aromatic heterocycles. The van der Waals surface area contributed by atoms with Crippen LogP contribution in [0.2, 0.25) is 0 Å². The van der Waals surface area contributed by atoms with Gasteiger partial charge in [0.05, 0.1) is 5.41 Å². The quantitative estimate of drug-likeness (QED) is 0.741. The number of piperazine rings is 1. The zero-order valence-electron chi connectivity index (χ0n) is 10.6. The molecule has 1 atom stereocenters. The molecule has 0 aromatic carbocycles. The van der Waals surface area contributed by atoms with Crippen LogP contribution >= 0.6 is 0 Å². The van der Waals surface area contributed by atoms with E-state index in [0.29, 0.717) is 25.4 Å². The van der Waals surface area contributed by atoms with Crippen molar-refractivity contribution in [3.05, 3.63) is 0 Å². The van der Waals surface area contributed by atoms with Crippen LogP contribution in [-0.2, 0) is 4.79 Å². The predicted octanol–water partition coefficient (Wildman–Crippen LogP) is 1.17. The molecule has 4 heteroatoms. The largest absolute Gasteiger partial charge is 0.481 e. The van der Waals surface area contributed by atoms with Crippen molar-refractivity contribution in [3.63, 3.8) is 0 Å². The van der Waals surface area contributed by atoms with Crippen LogP contribution in [0, 0.1) is 5.41 Å². The van der Waals surface area contributed by atoms with Gasteiger partial charge in [0, 0.05) is 32.2 Å². The molecule has 1 saturated heterocycles. The number of aliphatic carboxylic acids is 1. The molecule has 1 aliphatic rings. The zero-order chi connectivity index (χ0) is 12.2. The van der Waals surface area contributed by atoms with Gasteiger partial charge in [-0.3, -0.25) is 9.69 Å². The molecule has 0 unspecified atom stereocenters. The lowest BCUT2D eigenvalue weighted by Crippen LogP contribution is -2.54. The Labute approximate surface area is 98.0 Å². The highest BCUT2D eigenvalue weighted by molar-refractivity contribution is 5.74. The third-order valence-corrected chi connectivity index (χ3v) is 3.95. The number of rotatable bonds is 5. The van der Waals surface area contributed by atoms with Gasteiger partial charge < -0.3 is 10.4 Å². The Morgan fingerprint density at radius 1 is 1.50 bits per heavy atom. The fraction of sp³-hybridized carbons (Fsp3) is 0.917. The third-order valence-electron chi connectivity index (χ3n) is 3.95. The number of carboxylic acids is 1. The maximum absolute atomic E-state index is 11.4. The summed E-state index contributed by atoms with van der Waals surface area (Å²) in [6, 6.07) is 0.436. The van der Waals surface area contributed by atoms with Gasteiger partial charge in [-0.1, -0.05) is 13.8 Å². The van der Waals surface area contributed by atoms with Crippen LogP contribution in [0.25, 0.3) is 0 Å². The Balaban J connectivity index is 2.70. The van der Waals surface area contributed by atoms with Crippen molar-refractivity contribution in [3.8, 4) is 0 Å². The Kier molecular flexibility index (Phi) is 4.74. The summed E-state index contributed by atoms with van der Waals surface area (Å²) in [6.45, 7) is 9.67. The molecule has 1 fully saturated rings. The molecular weight excluding hydrogens is 204 g/mol. The SMILES string of the molecule is CCC(CC)(CN1CCNC[C@H]1C)C(=O)O. The highest BCUT2D eigenvalue weighted by Gasteiger charge is 2.38. The third kappa shape index (κ3) is 2.74. The van der Waals surface area contributed by atoms with Crippen molar-refractivity contribution >= 4 is 5.97 Å². The van der Waals surface area contributed by atoms with Gasteiger partial charge in [-0.15, -0.1) is 0 Å². The standard InChI is InChI=1S/C12H24N2O2/c1-4-12(5-2,11(15)16)9-14-7-6-13-8-10(14)3/h10,13H,4-9H2,1-3H3,(H,15,16)/t10-/m1/s1. The minimum Gasteiger partial charge on any atom is -0.481 e. The first-order valence-corrected chi connectivity index (χ1v) is 6.24. The molecule has 94 valence electrons. The van der Waals surface area contributed by atoms with E-state index in [0.717, 1.165) is 19.6 Å². The van der Waals surface area contributed by atoms with Crippen molar-refractivity contribution in [2.75, 3.05) is 26.2 Å². The average molecular weight is 228 g/mol. The molecule has 0 aliphatic carbocycles. The molecule has 16 heavy (non-hydrogen) atoms. The number of nitrogens with one attached hydrogen (secondary N) is 1. The van der Waals surface area contributed by atoms with Gasteiger partial charge in [0.25, 0.3) is 0 Å². The summed E-state index contributed by atoms with van der Waals surface area (Å²) >= 11 is 0. The second-order valence-electron chi connectivity index (χ2n) is 4.82. The first kappa shape index (κ1) is 13.5. The van der Waals surface area contributed by atoms with Crippen LogP contribution in [0.5, 0.6) is 0 Å². The lowest BCUT2D eigenvalue weighted by molar-refractivity contribution is -0.151. The number of hydrogen-bond donors (Lipinski definition) is 2. The summed E-state index contributed by atoms with van der Waals surface area (Å²) in [7, 11) is 0. The summed E-state index contributed by atoms with van der Waals surface area (Å²) in [4.78, 5) is 13.7. The molecule has 0 bridgehead atoms. The van der Waals surface area contributed by atoms with Gasteiger partial charge in [-0.25, -0.2) is 0 Å². The van der Waals surface area contributed by atoms with E-state index in [4.69, 9.17) is 0 Å². The summed E-state index contributed by atoms with van der Waals surface area (Å²) < 4.78 is 0. The van der Waals surface area contributed by atoms with Gasteiger partial charge in [0.1, 0.15) is 0 Å². The van der Waals surface area contributed by atoms with Gasteiger partial charge in [-0.05, 0) is 19.8 Å². The normalized spacial score (nSPS) is 23.3. The van der Waals surface area contributed by atoms with Crippen LogP contribution in [-0.4, -0.2) is 48.2 Å². The van der Waals surface area contributed by atoms with Crippen molar-refractivity contribution in [2.24, 2.45) is 5.41 Å². The maximum Gasteiger partial charge on any atom is 0.310 e. The molecule has 1 rings (SSSR count). The van der Waals surface area contributed by atoms with Crippen LogP contribution in [0.1, 0.15) is 33.6 Å². The Morgan fingerprint density at radius 3 is 2.56 bits per heavy atom.